The number of fused-ring (bicyclic) bond motifs is 3. The fourth-order valence-corrected chi connectivity index (χ4v) is 8.56. The van der Waals surface area contributed by atoms with Crippen LogP contribution in [0, 0.1) is 47.7 Å². The molecule has 3 aliphatic heterocycles. The standard InChI is InChI=1S/C39H42FN7O4/c1-23-32(6-5-7-34(23)40)37(48)45-20-28-18-44(19-29(28)21-45)35-9-8-24(14-42-35)33-12-31(22-47-36(33)27(13-41)15-43-47)50-30-10-25-16-46(17-26(25)11-30)38(49)51-39(2,3)4/h5-9,12,14-15,22,25-26,28-30H,10-11,16-21H2,1-4H3. The van der Waals surface area contributed by atoms with Gasteiger partial charge in [0.05, 0.1) is 29.6 Å². The van der Waals surface area contributed by atoms with Crippen LogP contribution in [-0.4, -0.2) is 87.4 Å². The predicted molar refractivity (Wildman–Crippen MR) is 188 cm³/mol. The number of rotatable bonds is 5. The Morgan fingerprint density at radius 2 is 1.65 bits per heavy atom. The first kappa shape index (κ1) is 33.0. The summed E-state index contributed by atoms with van der Waals surface area (Å²) in [5, 5.41) is 14.4. The molecule has 51 heavy (non-hydrogen) atoms. The SMILES string of the molecule is Cc1c(F)cccc1C(=O)N1CC2CN(c3ccc(-c4cc(OC5CC6CN(C(=O)OC(C)(C)C)CC6C5)cn5ncc(C#N)c45)cn3)CC2C1. The summed E-state index contributed by atoms with van der Waals surface area (Å²) >= 11 is 0. The molecule has 4 fully saturated rings. The highest BCUT2D eigenvalue weighted by molar-refractivity contribution is 5.96. The summed E-state index contributed by atoms with van der Waals surface area (Å²) < 4.78 is 28.0. The van der Waals surface area contributed by atoms with Crippen LogP contribution < -0.4 is 9.64 Å². The molecule has 0 bridgehead atoms. The Bertz CT molecular complexity index is 2020. The molecule has 12 heteroatoms. The van der Waals surface area contributed by atoms with E-state index in [0.29, 0.717) is 77.8 Å². The molecule has 264 valence electrons. The summed E-state index contributed by atoms with van der Waals surface area (Å²) in [6, 6.07) is 13.0. The normalized spacial score (nSPS) is 24.2. The van der Waals surface area contributed by atoms with Gasteiger partial charge in [0, 0.05) is 74.0 Å². The summed E-state index contributed by atoms with van der Waals surface area (Å²) in [6.07, 6.45) is 6.70. The van der Waals surface area contributed by atoms with E-state index < -0.39 is 5.60 Å². The minimum absolute atomic E-state index is 0.0105. The van der Waals surface area contributed by atoms with Crippen molar-refractivity contribution in [1.29, 1.82) is 5.26 Å². The lowest BCUT2D eigenvalue weighted by Gasteiger charge is -2.25. The molecule has 0 N–H and O–H groups in total. The van der Waals surface area contributed by atoms with E-state index >= 15 is 0 Å². The lowest BCUT2D eigenvalue weighted by Crippen LogP contribution is -2.36. The van der Waals surface area contributed by atoms with Crippen molar-refractivity contribution < 1.29 is 23.5 Å². The molecule has 0 spiro atoms. The van der Waals surface area contributed by atoms with Crippen LogP contribution in [-0.2, 0) is 4.74 Å². The Morgan fingerprint density at radius 3 is 2.29 bits per heavy atom. The van der Waals surface area contributed by atoms with Crippen LogP contribution in [0.25, 0.3) is 16.6 Å². The molecule has 4 atom stereocenters. The Kier molecular flexibility index (Phi) is 8.12. The number of pyridine rings is 2. The van der Waals surface area contributed by atoms with Crippen molar-refractivity contribution in [3.63, 3.8) is 0 Å². The summed E-state index contributed by atoms with van der Waals surface area (Å²) in [7, 11) is 0. The number of hydrogen-bond acceptors (Lipinski definition) is 8. The fraction of sp³-hybridized carbons (Fsp3) is 0.462. The second-order valence-corrected chi connectivity index (χ2v) is 15.6. The van der Waals surface area contributed by atoms with Gasteiger partial charge in [-0.25, -0.2) is 18.7 Å². The Balaban J connectivity index is 0.943. The highest BCUT2D eigenvalue weighted by Crippen LogP contribution is 2.41. The van der Waals surface area contributed by atoms with Gasteiger partial charge in [-0.3, -0.25) is 4.79 Å². The number of halogens is 1. The van der Waals surface area contributed by atoms with Crippen LogP contribution in [0.3, 0.4) is 0 Å². The van der Waals surface area contributed by atoms with Gasteiger partial charge in [-0.1, -0.05) is 6.07 Å². The quantitative estimate of drug-likeness (QED) is 0.252. The van der Waals surface area contributed by atoms with Crippen LogP contribution in [0.2, 0.25) is 0 Å². The molecule has 3 saturated heterocycles. The summed E-state index contributed by atoms with van der Waals surface area (Å²) in [4.78, 5) is 36.7. The number of nitriles is 1. The Labute approximate surface area is 296 Å². The zero-order valence-electron chi connectivity index (χ0n) is 29.4. The lowest BCUT2D eigenvalue weighted by molar-refractivity contribution is 0.0272. The molecule has 1 aromatic carbocycles. The number of aromatic nitrogens is 3. The zero-order chi connectivity index (χ0) is 35.6. The molecule has 1 aliphatic carbocycles. The Hall–Kier alpha value is -5.18. The summed E-state index contributed by atoms with van der Waals surface area (Å²) in [6.45, 7) is 11.5. The zero-order valence-corrected chi connectivity index (χ0v) is 29.4. The molecule has 6 heterocycles. The van der Waals surface area contributed by atoms with Gasteiger partial charge in [-0.05, 0) is 88.3 Å². The maximum atomic E-state index is 14.1. The van der Waals surface area contributed by atoms with Crippen molar-refractivity contribution >= 4 is 23.3 Å². The first-order valence-corrected chi connectivity index (χ1v) is 17.8. The molecule has 11 nitrogen and oxygen atoms in total. The van der Waals surface area contributed by atoms with Crippen molar-refractivity contribution in [2.24, 2.45) is 23.7 Å². The van der Waals surface area contributed by atoms with Crippen LogP contribution in [0.15, 0.2) is 55.0 Å². The number of benzene rings is 1. The van der Waals surface area contributed by atoms with Crippen molar-refractivity contribution in [1.82, 2.24) is 24.4 Å². The third-order valence-electron chi connectivity index (χ3n) is 11.0. The van der Waals surface area contributed by atoms with Crippen molar-refractivity contribution in [3.8, 4) is 22.9 Å². The van der Waals surface area contributed by atoms with Gasteiger partial charge in [0.15, 0.2) is 0 Å². The van der Waals surface area contributed by atoms with Crippen molar-refractivity contribution in [2.75, 3.05) is 44.2 Å². The number of likely N-dealkylation sites (tertiary alicyclic amines) is 2. The maximum absolute atomic E-state index is 14.1. The maximum Gasteiger partial charge on any atom is 0.410 e. The number of hydrogen-bond donors (Lipinski definition) is 0. The highest BCUT2D eigenvalue weighted by Gasteiger charge is 2.45. The minimum atomic E-state index is -0.518. The van der Waals surface area contributed by atoms with Gasteiger partial charge in [-0.15, -0.1) is 0 Å². The van der Waals surface area contributed by atoms with Crippen LogP contribution in [0.5, 0.6) is 5.75 Å². The fourth-order valence-electron chi connectivity index (χ4n) is 8.56. The van der Waals surface area contributed by atoms with Gasteiger partial charge in [0.1, 0.15) is 29.1 Å². The van der Waals surface area contributed by atoms with Crippen molar-refractivity contribution in [3.05, 3.63) is 77.5 Å². The molecule has 0 radical (unpaired) electrons. The molecule has 4 aliphatic rings. The van der Waals surface area contributed by atoms with Gasteiger partial charge < -0.3 is 24.2 Å². The molecule has 8 rings (SSSR count). The number of amides is 2. The van der Waals surface area contributed by atoms with Crippen molar-refractivity contribution in [2.45, 2.75) is 52.2 Å². The minimum Gasteiger partial charge on any atom is -0.489 e. The number of nitrogens with zero attached hydrogens (tertiary/aromatic N) is 7. The second-order valence-electron chi connectivity index (χ2n) is 15.6. The molecule has 1 saturated carbocycles. The first-order chi connectivity index (χ1) is 24.4. The number of ether oxygens (including phenoxy) is 2. The lowest BCUT2D eigenvalue weighted by atomic mass is 10.0. The largest absolute Gasteiger partial charge is 0.489 e. The van der Waals surface area contributed by atoms with Crippen LogP contribution in [0.4, 0.5) is 15.0 Å². The van der Waals surface area contributed by atoms with E-state index in [1.54, 1.807) is 29.8 Å². The van der Waals surface area contributed by atoms with E-state index in [9.17, 15) is 19.2 Å². The molecule has 4 unspecified atom stereocenters. The van der Waals surface area contributed by atoms with Crippen LogP contribution >= 0.6 is 0 Å². The molecule has 4 aromatic rings. The Morgan fingerprint density at radius 1 is 0.941 bits per heavy atom. The van der Waals surface area contributed by atoms with Gasteiger partial charge >= 0.3 is 6.09 Å². The average molecular weight is 692 g/mol. The first-order valence-electron chi connectivity index (χ1n) is 17.8. The monoisotopic (exact) mass is 691 g/mol. The van der Waals surface area contributed by atoms with E-state index in [1.807, 2.05) is 61.2 Å². The number of anilines is 1. The molecular formula is C39H42FN7O4. The second kappa shape index (κ2) is 12.5. The predicted octanol–water partition coefficient (Wildman–Crippen LogP) is 5.95. The van der Waals surface area contributed by atoms with Gasteiger partial charge in [0.25, 0.3) is 5.91 Å². The van der Waals surface area contributed by atoms with Gasteiger partial charge in [-0.2, -0.15) is 10.4 Å². The number of carbonyl (C=O) groups is 2. The number of carbonyl (C=O) groups excluding carboxylic acids is 2. The highest BCUT2D eigenvalue weighted by atomic mass is 19.1. The average Bonchev–Trinajstić information content (AvgIpc) is 3.91. The summed E-state index contributed by atoms with van der Waals surface area (Å²) in [5.74, 6) is 2.43. The van der Waals surface area contributed by atoms with E-state index in [1.165, 1.54) is 6.07 Å². The van der Waals surface area contributed by atoms with Crippen LogP contribution in [0.1, 0.15) is 55.1 Å². The van der Waals surface area contributed by atoms with E-state index in [2.05, 4.69) is 16.1 Å². The van der Waals surface area contributed by atoms with E-state index in [-0.39, 0.29) is 23.9 Å². The van der Waals surface area contributed by atoms with E-state index in [4.69, 9.17) is 14.5 Å². The van der Waals surface area contributed by atoms with Gasteiger partial charge in [0.2, 0.25) is 0 Å². The third-order valence-corrected chi connectivity index (χ3v) is 11.0. The van der Waals surface area contributed by atoms with E-state index in [0.717, 1.165) is 42.9 Å². The topological polar surface area (TPSA) is 116 Å². The smallest absolute Gasteiger partial charge is 0.410 e. The third kappa shape index (κ3) is 6.23. The summed E-state index contributed by atoms with van der Waals surface area (Å²) in [5.41, 5.74) is 3.15. The molecule has 3 aromatic heterocycles. The molecule has 2 amide bonds. The molecular weight excluding hydrogens is 649 g/mol.